The highest BCUT2D eigenvalue weighted by Crippen LogP contribution is 2.53. The topological polar surface area (TPSA) is 61.8 Å². The predicted octanol–water partition coefficient (Wildman–Crippen LogP) is 2.53. The van der Waals surface area contributed by atoms with E-state index in [-0.39, 0.29) is 12.0 Å². The Labute approximate surface area is 115 Å². The van der Waals surface area contributed by atoms with Crippen LogP contribution in [-0.4, -0.2) is 33.0 Å². The Kier molecular flexibility index (Phi) is 5.80. The van der Waals surface area contributed by atoms with E-state index in [9.17, 15) is 18.1 Å². The molecule has 20 heavy (non-hydrogen) atoms. The molecule has 0 heterocycles. The molecule has 112 valence electrons. The van der Waals surface area contributed by atoms with E-state index in [1.807, 2.05) is 0 Å². The summed E-state index contributed by atoms with van der Waals surface area (Å²) in [6.07, 6.45) is -0.366. The minimum atomic E-state index is -3.83. The van der Waals surface area contributed by atoms with E-state index in [0.29, 0.717) is 0 Å². The van der Waals surface area contributed by atoms with Crippen LogP contribution < -0.4 is 0 Å². The van der Waals surface area contributed by atoms with Crippen molar-refractivity contribution >= 4 is 13.6 Å². The van der Waals surface area contributed by atoms with Crippen LogP contribution in [-0.2, 0) is 29.6 Å². The lowest BCUT2D eigenvalue weighted by Crippen LogP contribution is -2.26. The number of hydrogen-bond acceptors (Lipinski definition) is 5. The van der Waals surface area contributed by atoms with Crippen LogP contribution in [0.5, 0.6) is 0 Å². The first-order chi connectivity index (χ1) is 9.37. The van der Waals surface area contributed by atoms with Gasteiger partial charge in [0.25, 0.3) is 0 Å². The molecule has 0 bridgehead atoms. The standard InChI is InChI=1S/C12H15F2O5P/c1-17-12(15)11(20(16,18-2)19-3)7-8-6-9(13)4-5-10(8)14/h4-6,11H,7H2,1-3H3. The molecule has 0 aliphatic heterocycles. The molecule has 0 radical (unpaired) electrons. The van der Waals surface area contributed by atoms with Gasteiger partial charge in [0.05, 0.1) is 7.11 Å². The number of halogens is 2. The van der Waals surface area contributed by atoms with Crippen molar-refractivity contribution in [2.45, 2.75) is 12.1 Å². The van der Waals surface area contributed by atoms with Crippen LogP contribution in [0.25, 0.3) is 0 Å². The molecule has 0 aromatic heterocycles. The van der Waals surface area contributed by atoms with Crippen molar-refractivity contribution in [2.24, 2.45) is 0 Å². The third kappa shape index (κ3) is 3.62. The second-order valence-corrected chi connectivity index (χ2v) is 6.32. The first-order valence-corrected chi connectivity index (χ1v) is 7.22. The van der Waals surface area contributed by atoms with E-state index in [1.54, 1.807) is 0 Å². The van der Waals surface area contributed by atoms with E-state index >= 15 is 0 Å². The minimum absolute atomic E-state index is 0.116. The van der Waals surface area contributed by atoms with Crippen molar-refractivity contribution in [2.75, 3.05) is 21.3 Å². The highest BCUT2D eigenvalue weighted by atomic mass is 31.2. The summed E-state index contributed by atoms with van der Waals surface area (Å²) in [7, 11) is -0.539. The van der Waals surface area contributed by atoms with Crippen molar-refractivity contribution in [1.29, 1.82) is 0 Å². The fourth-order valence-electron chi connectivity index (χ4n) is 1.70. The molecule has 0 spiro atoms. The van der Waals surface area contributed by atoms with Gasteiger partial charge in [0, 0.05) is 20.6 Å². The smallest absolute Gasteiger partial charge is 0.344 e. The molecule has 1 aromatic rings. The van der Waals surface area contributed by atoms with Crippen molar-refractivity contribution in [3.8, 4) is 0 Å². The summed E-state index contributed by atoms with van der Waals surface area (Å²) < 4.78 is 53.0. The number of esters is 1. The summed E-state index contributed by atoms with van der Waals surface area (Å²) in [5.41, 5.74) is -1.49. The van der Waals surface area contributed by atoms with Gasteiger partial charge in [0.1, 0.15) is 11.6 Å². The molecule has 5 nitrogen and oxygen atoms in total. The lowest BCUT2D eigenvalue weighted by atomic mass is 10.1. The van der Waals surface area contributed by atoms with Gasteiger partial charge in [0.2, 0.25) is 0 Å². The van der Waals surface area contributed by atoms with Gasteiger partial charge in [-0.1, -0.05) is 0 Å². The van der Waals surface area contributed by atoms with E-state index in [0.717, 1.165) is 39.5 Å². The fraction of sp³-hybridized carbons (Fsp3) is 0.417. The van der Waals surface area contributed by atoms with E-state index < -0.39 is 30.9 Å². The Morgan fingerprint density at radius 2 is 1.85 bits per heavy atom. The van der Waals surface area contributed by atoms with E-state index in [4.69, 9.17) is 9.05 Å². The molecule has 1 rings (SSSR count). The van der Waals surface area contributed by atoms with Gasteiger partial charge in [-0.25, -0.2) is 8.78 Å². The van der Waals surface area contributed by atoms with Crippen LogP contribution in [0.3, 0.4) is 0 Å². The number of carbonyl (C=O) groups is 1. The maximum absolute atomic E-state index is 13.6. The average molecular weight is 308 g/mol. The van der Waals surface area contributed by atoms with Gasteiger partial charge in [-0.15, -0.1) is 0 Å². The molecule has 1 unspecified atom stereocenters. The second-order valence-electron chi connectivity index (χ2n) is 3.88. The number of rotatable bonds is 6. The molecule has 0 amide bonds. The zero-order valence-corrected chi connectivity index (χ0v) is 12.2. The SMILES string of the molecule is COC(=O)C(Cc1cc(F)ccc1F)P(=O)(OC)OC. The molecule has 0 aliphatic carbocycles. The van der Waals surface area contributed by atoms with Gasteiger partial charge in [-0.05, 0) is 23.8 Å². The number of methoxy groups -OCH3 is 1. The van der Waals surface area contributed by atoms with Gasteiger partial charge in [-0.3, -0.25) is 9.36 Å². The van der Waals surface area contributed by atoms with Crippen molar-refractivity contribution in [1.82, 2.24) is 0 Å². The molecule has 1 atom stereocenters. The Morgan fingerprint density at radius 1 is 1.25 bits per heavy atom. The van der Waals surface area contributed by atoms with Crippen LogP contribution in [0, 0.1) is 11.6 Å². The largest absolute Gasteiger partial charge is 0.468 e. The van der Waals surface area contributed by atoms with Crippen molar-refractivity contribution in [3.63, 3.8) is 0 Å². The predicted molar refractivity (Wildman–Crippen MR) is 67.5 cm³/mol. The number of carbonyl (C=O) groups excluding carboxylic acids is 1. The van der Waals surface area contributed by atoms with E-state index in [2.05, 4.69) is 4.74 Å². The summed E-state index contributed by atoms with van der Waals surface area (Å²) in [4.78, 5) is 11.7. The summed E-state index contributed by atoms with van der Waals surface area (Å²) >= 11 is 0. The number of ether oxygens (including phenoxy) is 1. The van der Waals surface area contributed by atoms with Crippen molar-refractivity contribution < 1.29 is 31.9 Å². The third-order valence-electron chi connectivity index (χ3n) is 2.78. The average Bonchev–Trinajstić information content (AvgIpc) is 2.46. The Morgan fingerprint density at radius 3 is 2.35 bits per heavy atom. The number of hydrogen-bond donors (Lipinski definition) is 0. The summed E-state index contributed by atoms with van der Waals surface area (Å²) in [6, 6.07) is 2.78. The van der Waals surface area contributed by atoms with Crippen LogP contribution in [0.2, 0.25) is 0 Å². The lowest BCUT2D eigenvalue weighted by Gasteiger charge is -2.22. The summed E-state index contributed by atoms with van der Waals surface area (Å²) in [6.45, 7) is 0. The molecule has 0 fully saturated rings. The molecular formula is C12H15F2O5P. The van der Waals surface area contributed by atoms with Crippen LogP contribution in [0.4, 0.5) is 8.78 Å². The fourth-order valence-corrected chi connectivity index (χ4v) is 3.14. The Bertz CT molecular complexity index is 527. The second kappa shape index (κ2) is 6.92. The summed E-state index contributed by atoms with van der Waals surface area (Å²) in [5, 5.41) is 0. The third-order valence-corrected chi connectivity index (χ3v) is 4.96. The molecule has 0 N–H and O–H groups in total. The van der Waals surface area contributed by atoms with Crippen LogP contribution in [0.1, 0.15) is 5.56 Å². The number of benzene rings is 1. The zero-order valence-electron chi connectivity index (χ0n) is 11.3. The molecule has 0 saturated heterocycles. The highest BCUT2D eigenvalue weighted by molar-refractivity contribution is 7.55. The minimum Gasteiger partial charge on any atom is -0.468 e. The first kappa shape index (κ1) is 16.8. The van der Waals surface area contributed by atoms with Crippen LogP contribution in [0.15, 0.2) is 18.2 Å². The maximum atomic E-state index is 13.6. The molecule has 0 aliphatic rings. The van der Waals surface area contributed by atoms with Gasteiger partial charge < -0.3 is 13.8 Å². The monoisotopic (exact) mass is 308 g/mol. The van der Waals surface area contributed by atoms with Gasteiger partial charge in [0.15, 0.2) is 5.66 Å². The van der Waals surface area contributed by atoms with Gasteiger partial charge >= 0.3 is 13.6 Å². The Balaban J connectivity index is 3.17. The maximum Gasteiger partial charge on any atom is 0.344 e. The lowest BCUT2D eigenvalue weighted by molar-refractivity contribution is -0.140. The molecule has 1 aromatic carbocycles. The zero-order chi connectivity index (χ0) is 15.3. The summed E-state index contributed by atoms with van der Waals surface area (Å²) in [5.74, 6) is -2.28. The van der Waals surface area contributed by atoms with Crippen molar-refractivity contribution in [3.05, 3.63) is 35.4 Å². The van der Waals surface area contributed by atoms with Crippen LogP contribution >= 0.6 is 7.60 Å². The van der Waals surface area contributed by atoms with Gasteiger partial charge in [-0.2, -0.15) is 0 Å². The quantitative estimate of drug-likeness (QED) is 0.597. The highest BCUT2D eigenvalue weighted by Gasteiger charge is 2.41. The first-order valence-electron chi connectivity index (χ1n) is 5.61. The Hall–Kier alpha value is -1.30. The normalized spacial score (nSPS) is 13.1. The molecular weight excluding hydrogens is 293 g/mol. The van der Waals surface area contributed by atoms with E-state index in [1.165, 1.54) is 0 Å². The molecule has 0 saturated carbocycles. The molecule has 8 heteroatoms.